The van der Waals surface area contributed by atoms with E-state index in [9.17, 15) is 105 Å². The first-order valence-corrected chi connectivity index (χ1v) is 11.3. The lowest BCUT2D eigenvalue weighted by atomic mass is 9.64. The summed E-state index contributed by atoms with van der Waals surface area (Å²) in [6.07, 6.45) is -24.5. The standard InChI is InChI=1S/C23H17F17O7/c1-4-7(41)12(44)16(13(45)8(42)5-2,14(46)9(43)6-3)15(47)10(24)11(25)17(26,27)18(28,29)19(30,31)20(32,33)21(34,35)22(36,37)23(38,39)40/h4-6,12-15,44-47H,1-3H2. The molecule has 0 amide bonds. The molecule has 0 heterocycles. The van der Waals surface area contributed by atoms with Crippen molar-refractivity contribution >= 4 is 17.3 Å². The molecule has 0 aromatic heterocycles. The summed E-state index contributed by atoms with van der Waals surface area (Å²) in [6.45, 7) is 7.96. The molecule has 0 fully saturated rings. The molecule has 0 aromatic rings. The first-order chi connectivity index (χ1) is 20.7. The van der Waals surface area contributed by atoms with Gasteiger partial charge in [-0.3, -0.25) is 14.4 Å². The summed E-state index contributed by atoms with van der Waals surface area (Å²) in [7, 11) is 0. The van der Waals surface area contributed by atoms with Gasteiger partial charge < -0.3 is 20.4 Å². The van der Waals surface area contributed by atoms with Crippen LogP contribution in [-0.4, -0.2) is 104 Å². The zero-order chi connectivity index (χ0) is 38.3. The molecule has 0 aliphatic heterocycles. The number of ketones is 3. The zero-order valence-electron chi connectivity index (χ0n) is 22.1. The van der Waals surface area contributed by atoms with Crippen LogP contribution in [0.1, 0.15) is 0 Å². The molecule has 0 bridgehead atoms. The predicted molar refractivity (Wildman–Crippen MR) is 117 cm³/mol. The summed E-state index contributed by atoms with van der Waals surface area (Å²) in [5.41, 5.74) is -4.69. The monoisotopic (exact) mass is 728 g/mol. The molecule has 4 atom stereocenters. The lowest BCUT2D eigenvalue weighted by molar-refractivity contribution is -0.450. The lowest BCUT2D eigenvalue weighted by Gasteiger charge is -2.45. The van der Waals surface area contributed by atoms with Crippen molar-refractivity contribution in [3.63, 3.8) is 0 Å². The average Bonchev–Trinajstić information content (AvgIpc) is 2.97. The lowest BCUT2D eigenvalue weighted by Crippen LogP contribution is -2.72. The second-order valence-electron chi connectivity index (χ2n) is 9.04. The number of halogens is 17. The SMILES string of the molecule is C=CC(=O)C(O)C(C(O)C(=O)C=C)(C(O)C(=O)C=C)C(O)C(F)=C(F)C(F)(F)C(F)(F)C(F)(F)C(F)(F)C(F)(F)C(F)(F)C(F)(F)F. The van der Waals surface area contributed by atoms with Gasteiger partial charge >= 0.3 is 41.7 Å². The van der Waals surface area contributed by atoms with Gasteiger partial charge in [-0.2, -0.15) is 65.9 Å². The minimum atomic E-state index is -8.95. The number of alkyl halides is 15. The number of carbonyl (C=O) groups is 3. The van der Waals surface area contributed by atoms with Crippen LogP contribution in [0, 0.1) is 5.41 Å². The minimum absolute atomic E-state index is 0.136. The van der Waals surface area contributed by atoms with Gasteiger partial charge in [0.05, 0.1) is 0 Å². The Morgan fingerprint density at radius 3 is 0.979 bits per heavy atom. The molecule has 0 aromatic carbocycles. The van der Waals surface area contributed by atoms with Crippen LogP contribution in [0.2, 0.25) is 0 Å². The van der Waals surface area contributed by atoms with E-state index in [0.717, 1.165) is 0 Å². The van der Waals surface area contributed by atoms with Crippen LogP contribution in [0.3, 0.4) is 0 Å². The number of carbonyl (C=O) groups excluding carboxylic acids is 3. The van der Waals surface area contributed by atoms with E-state index in [-0.39, 0.29) is 18.2 Å². The number of hydrogen-bond acceptors (Lipinski definition) is 7. The highest BCUT2D eigenvalue weighted by atomic mass is 19.4. The summed E-state index contributed by atoms with van der Waals surface area (Å²) >= 11 is 0. The molecular weight excluding hydrogens is 711 g/mol. The van der Waals surface area contributed by atoms with Gasteiger partial charge in [-0.05, 0) is 18.2 Å². The van der Waals surface area contributed by atoms with Crippen LogP contribution < -0.4 is 0 Å². The summed E-state index contributed by atoms with van der Waals surface area (Å²) in [4.78, 5) is 36.2. The molecule has 270 valence electrons. The molecule has 4 N–H and O–H groups in total. The predicted octanol–water partition coefficient (Wildman–Crippen LogP) is 4.21. The van der Waals surface area contributed by atoms with Gasteiger partial charge in [0.1, 0.15) is 29.8 Å². The first kappa shape index (κ1) is 43.6. The van der Waals surface area contributed by atoms with Gasteiger partial charge in [0.25, 0.3) is 0 Å². The van der Waals surface area contributed by atoms with Crippen LogP contribution >= 0.6 is 0 Å². The van der Waals surface area contributed by atoms with Gasteiger partial charge in [0, 0.05) is 0 Å². The Balaban J connectivity index is 7.95. The third-order valence-corrected chi connectivity index (χ3v) is 6.36. The Morgan fingerprint density at radius 1 is 0.468 bits per heavy atom. The highest BCUT2D eigenvalue weighted by Gasteiger charge is 2.94. The fourth-order valence-corrected chi connectivity index (χ4v) is 3.57. The van der Waals surface area contributed by atoms with E-state index in [2.05, 4.69) is 19.7 Å². The van der Waals surface area contributed by atoms with Gasteiger partial charge in [0.15, 0.2) is 23.2 Å². The van der Waals surface area contributed by atoms with E-state index in [1.165, 1.54) is 0 Å². The van der Waals surface area contributed by atoms with E-state index >= 15 is 4.39 Å². The molecule has 4 unspecified atom stereocenters. The third-order valence-electron chi connectivity index (χ3n) is 6.36. The molecule has 7 nitrogen and oxygen atoms in total. The Labute approximate surface area is 248 Å². The fraction of sp³-hybridized carbons (Fsp3) is 0.522. The van der Waals surface area contributed by atoms with Crippen LogP contribution in [0.25, 0.3) is 0 Å². The molecular formula is C23H17F17O7. The van der Waals surface area contributed by atoms with Crippen molar-refractivity contribution in [1.29, 1.82) is 0 Å². The summed E-state index contributed by atoms with van der Waals surface area (Å²) in [5, 5.41) is 41.2. The number of aliphatic hydroxyl groups excluding tert-OH is 4. The minimum Gasteiger partial charge on any atom is -0.385 e. The third kappa shape index (κ3) is 6.19. The van der Waals surface area contributed by atoms with Crippen LogP contribution in [0.5, 0.6) is 0 Å². The highest BCUT2D eigenvalue weighted by Crippen LogP contribution is 2.63. The molecule has 0 aliphatic carbocycles. The maximum absolute atomic E-state index is 15.0. The van der Waals surface area contributed by atoms with E-state index in [1.807, 2.05) is 0 Å². The van der Waals surface area contributed by atoms with Gasteiger partial charge in [-0.25, -0.2) is 8.78 Å². The molecule has 0 spiro atoms. The van der Waals surface area contributed by atoms with Gasteiger partial charge in [-0.1, -0.05) is 19.7 Å². The Kier molecular flexibility index (Phi) is 12.3. The van der Waals surface area contributed by atoms with Gasteiger partial charge in [0.2, 0.25) is 5.83 Å². The van der Waals surface area contributed by atoms with Crippen molar-refractivity contribution in [2.75, 3.05) is 0 Å². The van der Waals surface area contributed by atoms with Crippen LogP contribution in [0.15, 0.2) is 49.6 Å². The van der Waals surface area contributed by atoms with Crippen LogP contribution in [-0.2, 0) is 14.4 Å². The zero-order valence-corrected chi connectivity index (χ0v) is 22.1. The van der Waals surface area contributed by atoms with E-state index in [1.54, 1.807) is 0 Å². The molecule has 0 aliphatic rings. The van der Waals surface area contributed by atoms with E-state index in [4.69, 9.17) is 0 Å². The fourth-order valence-electron chi connectivity index (χ4n) is 3.57. The molecule has 0 radical (unpaired) electrons. The Morgan fingerprint density at radius 2 is 0.723 bits per heavy atom. The van der Waals surface area contributed by atoms with E-state index in [0.29, 0.717) is 0 Å². The average molecular weight is 728 g/mol. The van der Waals surface area contributed by atoms with E-state index < -0.39 is 101 Å². The smallest absolute Gasteiger partial charge is 0.385 e. The van der Waals surface area contributed by atoms with Crippen molar-refractivity contribution in [2.24, 2.45) is 5.41 Å². The summed E-state index contributed by atoms with van der Waals surface area (Å²) in [5.74, 6) is -68.0. The molecule has 0 saturated heterocycles. The van der Waals surface area contributed by atoms with Gasteiger partial charge in [-0.15, -0.1) is 0 Å². The number of rotatable bonds is 17. The second-order valence-corrected chi connectivity index (χ2v) is 9.04. The first-order valence-electron chi connectivity index (χ1n) is 11.3. The quantitative estimate of drug-likeness (QED) is 0.131. The van der Waals surface area contributed by atoms with Crippen molar-refractivity contribution < 1.29 is 109 Å². The summed E-state index contributed by atoms with van der Waals surface area (Å²) in [6, 6.07) is 0. The molecule has 47 heavy (non-hydrogen) atoms. The molecule has 0 saturated carbocycles. The largest absolute Gasteiger partial charge is 0.460 e. The normalized spacial score (nSPS) is 18.6. The molecule has 24 heteroatoms. The second kappa shape index (κ2) is 13.3. The maximum atomic E-state index is 15.0. The topological polar surface area (TPSA) is 132 Å². The number of allylic oxidation sites excluding steroid dienone is 1. The summed E-state index contributed by atoms with van der Waals surface area (Å²) < 4.78 is 232. The van der Waals surface area contributed by atoms with Crippen molar-refractivity contribution in [1.82, 2.24) is 0 Å². The van der Waals surface area contributed by atoms with Crippen molar-refractivity contribution in [2.45, 2.75) is 66.1 Å². The molecule has 0 rings (SSSR count). The maximum Gasteiger partial charge on any atom is 0.460 e. The number of aliphatic hydroxyl groups is 4. The Bertz CT molecular complexity index is 1240. The van der Waals surface area contributed by atoms with Crippen LogP contribution in [0.4, 0.5) is 74.6 Å². The highest BCUT2D eigenvalue weighted by molar-refractivity contribution is 6.01. The van der Waals surface area contributed by atoms with Crippen molar-refractivity contribution in [3.8, 4) is 0 Å². The Hall–Kier alpha value is -3.38. The van der Waals surface area contributed by atoms with Crippen molar-refractivity contribution in [3.05, 3.63) is 49.6 Å². The number of hydrogen-bond donors (Lipinski definition) is 4.